The summed E-state index contributed by atoms with van der Waals surface area (Å²) in [6.07, 6.45) is 0.0370. The summed E-state index contributed by atoms with van der Waals surface area (Å²) in [5, 5.41) is 2.95. The van der Waals surface area contributed by atoms with Crippen molar-refractivity contribution in [1.29, 1.82) is 0 Å². The summed E-state index contributed by atoms with van der Waals surface area (Å²) < 4.78 is 4.98. The molecule has 8 heavy (non-hydrogen) atoms. The van der Waals surface area contributed by atoms with Gasteiger partial charge in [0.2, 0.25) is 0 Å². The summed E-state index contributed by atoms with van der Waals surface area (Å²) in [6, 6.07) is 0. The fraction of sp³-hybridized carbons (Fsp3) is 1.00. The molecule has 0 saturated heterocycles. The van der Waals surface area contributed by atoms with Crippen LogP contribution in [0.4, 0.5) is 0 Å². The molecule has 3 heteroatoms. The van der Waals surface area contributed by atoms with E-state index in [1.54, 1.807) is 7.11 Å². The minimum absolute atomic E-state index is 0.0370. The van der Waals surface area contributed by atoms with Crippen molar-refractivity contribution in [2.24, 2.45) is 0 Å². The minimum Gasteiger partial charge on any atom is -0.353 e. The first-order valence-corrected chi connectivity index (χ1v) is 2.59. The molecule has 1 unspecified atom stereocenters. The zero-order chi connectivity index (χ0) is 6.57. The molecule has 0 heterocycles. The van der Waals surface area contributed by atoms with E-state index in [4.69, 9.17) is 4.74 Å². The molecule has 0 aliphatic rings. The van der Waals surface area contributed by atoms with Crippen LogP contribution >= 0.6 is 0 Å². The standard InChI is InChI=1S/C5H14N2O/c1-6-5(8-4)7(2)3/h5-6H,1-4H3. The van der Waals surface area contributed by atoms with Crippen molar-refractivity contribution in [3.05, 3.63) is 0 Å². The molecule has 0 spiro atoms. The number of hydrogen-bond acceptors (Lipinski definition) is 3. The van der Waals surface area contributed by atoms with Gasteiger partial charge in [-0.2, -0.15) is 0 Å². The first-order chi connectivity index (χ1) is 3.72. The lowest BCUT2D eigenvalue weighted by atomic mass is 10.8. The molecule has 0 saturated carbocycles. The van der Waals surface area contributed by atoms with Crippen LogP contribution in [0.15, 0.2) is 0 Å². The van der Waals surface area contributed by atoms with Crippen molar-refractivity contribution < 1.29 is 4.74 Å². The molecule has 0 amide bonds. The highest BCUT2D eigenvalue weighted by Gasteiger charge is 2.02. The smallest absolute Gasteiger partial charge is 0.164 e. The number of hydrogen-bond donors (Lipinski definition) is 1. The lowest BCUT2D eigenvalue weighted by Gasteiger charge is -2.20. The van der Waals surface area contributed by atoms with Crippen molar-refractivity contribution in [3.8, 4) is 0 Å². The van der Waals surface area contributed by atoms with Gasteiger partial charge in [0, 0.05) is 7.11 Å². The summed E-state index contributed by atoms with van der Waals surface area (Å²) in [5.41, 5.74) is 0. The normalized spacial score (nSPS) is 14.6. The summed E-state index contributed by atoms with van der Waals surface area (Å²) >= 11 is 0. The van der Waals surface area contributed by atoms with Crippen LogP contribution in [0.5, 0.6) is 0 Å². The lowest BCUT2D eigenvalue weighted by Crippen LogP contribution is -2.40. The van der Waals surface area contributed by atoms with E-state index in [2.05, 4.69) is 5.32 Å². The Kier molecular flexibility index (Phi) is 3.77. The van der Waals surface area contributed by atoms with E-state index in [0.29, 0.717) is 0 Å². The number of methoxy groups -OCH3 is 1. The molecule has 1 N–H and O–H groups in total. The third-order valence-corrected chi connectivity index (χ3v) is 0.939. The molecular formula is C5H14N2O. The molecular weight excluding hydrogens is 104 g/mol. The van der Waals surface area contributed by atoms with Crippen LogP contribution in [0, 0.1) is 0 Å². The van der Waals surface area contributed by atoms with Gasteiger partial charge in [0.25, 0.3) is 0 Å². The Hall–Kier alpha value is -0.120. The Morgan fingerprint density at radius 1 is 1.50 bits per heavy atom. The third kappa shape index (κ3) is 2.26. The summed E-state index contributed by atoms with van der Waals surface area (Å²) in [4.78, 5) is 1.94. The highest BCUT2D eigenvalue weighted by atomic mass is 16.5. The second-order valence-electron chi connectivity index (χ2n) is 1.84. The first kappa shape index (κ1) is 7.88. The van der Waals surface area contributed by atoms with Gasteiger partial charge >= 0.3 is 0 Å². The fourth-order valence-electron chi connectivity index (χ4n) is 0.587. The fourth-order valence-corrected chi connectivity index (χ4v) is 0.587. The Morgan fingerprint density at radius 3 is 2.00 bits per heavy atom. The summed E-state index contributed by atoms with van der Waals surface area (Å²) in [5.74, 6) is 0. The van der Waals surface area contributed by atoms with E-state index in [1.807, 2.05) is 26.0 Å². The molecule has 0 bridgehead atoms. The second kappa shape index (κ2) is 3.83. The summed E-state index contributed by atoms with van der Waals surface area (Å²) in [7, 11) is 7.42. The van der Waals surface area contributed by atoms with Gasteiger partial charge in [-0.3, -0.25) is 10.2 Å². The predicted molar refractivity (Wildman–Crippen MR) is 33.5 cm³/mol. The first-order valence-electron chi connectivity index (χ1n) is 2.59. The van der Waals surface area contributed by atoms with Crippen LogP contribution in [0.1, 0.15) is 0 Å². The van der Waals surface area contributed by atoms with Gasteiger partial charge in [-0.15, -0.1) is 0 Å². The van der Waals surface area contributed by atoms with Crippen LogP contribution < -0.4 is 5.32 Å². The maximum absolute atomic E-state index is 4.98. The van der Waals surface area contributed by atoms with Crippen LogP contribution in [-0.2, 0) is 4.74 Å². The summed E-state index contributed by atoms with van der Waals surface area (Å²) in [6.45, 7) is 0. The number of nitrogens with one attached hydrogen (secondary N) is 1. The Labute approximate surface area is 50.6 Å². The van der Waals surface area contributed by atoms with Gasteiger partial charge in [-0.25, -0.2) is 0 Å². The molecule has 3 nitrogen and oxygen atoms in total. The highest BCUT2D eigenvalue weighted by molar-refractivity contribution is 4.43. The quantitative estimate of drug-likeness (QED) is 0.515. The molecule has 0 aromatic carbocycles. The zero-order valence-corrected chi connectivity index (χ0v) is 5.93. The van der Waals surface area contributed by atoms with Crippen molar-refractivity contribution in [2.45, 2.75) is 6.35 Å². The van der Waals surface area contributed by atoms with Crippen LogP contribution in [-0.4, -0.2) is 39.5 Å². The van der Waals surface area contributed by atoms with Gasteiger partial charge in [-0.05, 0) is 21.1 Å². The van der Waals surface area contributed by atoms with Gasteiger partial charge in [0.1, 0.15) is 0 Å². The SMILES string of the molecule is CNC(OC)N(C)C. The minimum atomic E-state index is 0.0370. The Balaban J connectivity index is 3.35. The van der Waals surface area contributed by atoms with Crippen molar-refractivity contribution in [1.82, 2.24) is 10.2 Å². The zero-order valence-electron chi connectivity index (χ0n) is 5.93. The highest BCUT2D eigenvalue weighted by Crippen LogP contribution is 1.84. The third-order valence-electron chi connectivity index (χ3n) is 0.939. The van der Waals surface area contributed by atoms with Crippen molar-refractivity contribution in [2.75, 3.05) is 28.3 Å². The van der Waals surface area contributed by atoms with Gasteiger partial charge < -0.3 is 4.74 Å². The molecule has 0 aliphatic heterocycles. The average Bonchev–Trinajstić information content (AvgIpc) is 1.69. The molecule has 0 radical (unpaired) electrons. The molecule has 0 aromatic rings. The van der Waals surface area contributed by atoms with Gasteiger partial charge in [0.05, 0.1) is 0 Å². The number of rotatable bonds is 3. The van der Waals surface area contributed by atoms with E-state index in [9.17, 15) is 0 Å². The molecule has 0 aromatic heterocycles. The van der Waals surface area contributed by atoms with E-state index in [0.717, 1.165) is 0 Å². The topological polar surface area (TPSA) is 24.5 Å². The largest absolute Gasteiger partial charge is 0.353 e. The average molecular weight is 118 g/mol. The van der Waals surface area contributed by atoms with E-state index >= 15 is 0 Å². The van der Waals surface area contributed by atoms with E-state index in [-0.39, 0.29) is 6.35 Å². The maximum atomic E-state index is 4.98. The molecule has 50 valence electrons. The van der Waals surface area contributed by atoms with Crippen LogP contribution in [0.3, 0.4) is 0 Å². The maximum Gasteiger partial charge on any atom is 0.164 e. The van der Waals surface area contributed by atoms with Gasteiger partial charge in [-0.1, -0.05) is 0 Å². The molecule has 0 rings (SSSR count). The van der Waals surface area contributed by atoms with Crippen LogP contribution in [0.25, 0.3) is 0 Å². The lowest BCUT2D eigenvalue weighted by molar-refractivity contribution is -0.0230. The van der Waals surface area contributed by atoms with E-state index in [1.165, 1.54) is 0 Å². The van der Waals surface area contributed by atoms with Gasteiger partial charge in [0.15, 0.2) is 6.35 Å². The monoisotopic (exact) mass is 118 g/mol. The molecule has 0 aliphatic carbocycles. The number of ether oxygens (including phenoxy) is 1. The van der Waals surface area contributed by atoms with Crippen LogP contribution in [0.2, 0.25) is 0 Å². The Morgan fingerprint density at radius 2 is 2.00 bits per heavy atom. The predicted octanol–water partition coefficient (Wildman–Crippen LogP) is -0.303. The van der Waals surface area contributed by atoms with Crippen molar-refractivity contribution >= 4 is 0 Å². The molecule has 1 atom stereocenters. The molecule has 0 fully saturated rings. The van der Waals surface area contributed by atoms with E-state index < -0.39 is 0 Å². The second-order valence-corrected chi connectivity index (χ2v) is 1.84. The number of nitrogens with zero attached hydrogens (tertiary/aromatic N) is 1. The Bertz CT molecular complexity index is 52.4. The van der Waals surface area contributed by atoms with Crippen molar-refractivity contribution in [3.63, 3.8) is 0 Å².